The third kappa shape index (κ3) is 5.29. The molecule has 1 aliphatic heterocycles. The molecule has 0 spiro atoms. The van der Waals surface area contributed by atoms with Gasteiger partial charge in [0.1, 0.15) is 11.6 Å². The average molecular weight is 385 g/mol. The first kappa shape index (κ1) is 20.3. The molecule has 1 aromatic carbocycles. The fourth-order valence-electron chi connectivity index (χ4n) is 3.61. The number of ketones is 1. The Labute approximate surface area is 165 Å². The summed E-state index contributed by atoms with van der Waals surface area (Å²) < 4.78 is 15.3. The van der Waals surface area contributed by atoms with Crippen molar-refractivity contribution in [1.82, 2.24) is 15.2 Å². The number of aromatic nitrogens is 1. The van der Waals surface area contributed by atoms with Crippen molar-refractivity contribution < 1.29 is 14.0 Å². The number of Topliss-reactive ketones (excluding diaryl/α,β-unsaturated/α-hetero) is 1. The molecule has 3 rings (SSSR count). The van der Waals surface area contributed by atoms with Crippen molar-refractivity contribution in [3.05, 3.63) is 53.6 Å². The molecule has 5 nitrogen and oxygen atoms in total. The maximum Gasteiger partial charge on any atom is 0.253 e. The first-order chi connectivity index (χ1) is 13.4. The number of piperidine rings is 1. The standard InChI is InChI=1S/C22H28FN3O2/c1-15(2)9-20(27)10-16-13-26(19-7-3-5-17(23)11-19)14-21(16)22(28)25-18-6-4-8-24-12-18/h3,5,7,11,13-15,18,24H,4,6,8-10,12H2,1-2H3,(H,25,28)/t18-/m0/s1. The van der Waals surface area contributed by atoms with Gasteiger partial charge in [0, 0.05) is 43.5 Å². The lowest BCUT2D eigenvalue weighted by atomic mass is 10.00. The minimum absolute atomic E-state index is 0.0815. The number of halogens is 1. The smallest absolute Gasteiger partial charge is 0.253 e. The number of nitrogens with zero attached hydrogens (tertiary/aromatic N) is 1. The molecule has 0 radical (unpaired) electrons. The lowest BCUT2D eigenvalue weighted by molar-refractivity contribution is -0.119. The molecule has 6 heteroatoms. The SMILES string of the molecule is CC(C)CC(=O)Cc1cn(-c2cccc(F)c2)cc1C(=O)N[C@H]1CCCNC1. The van der Waals surface area contributed by atoms with Crippen LogP contribution in [-0.4, -0.2) is 35.4 Å². The number of carbonyl (C=O) groups excluding carboxylic acids is 2. The lowest BCUT2D eigenvalue weighted by Gasteiger charge is -2.23. The monoisotopic (exact) mass is 385 g/mol. The number of amides is 1. The van der Waals surface area contributed by atoms with Crippen LogP contribution in [0.25, 0.3) is 5.69 Å². The molecule has 28 heavy (non-hydrogen) atoms. The zero-order chi connectivity index (χ0) is 20.1. The normalized spacial score (nSPS) is 16.9. The molecule has 1 fully saturated rings. The highest BCUT2D eigenvalue weighted by atomic mass is 19.1. The third-order valence-electron chi connectivity index (χ3n) is 4.92. The highest BCUT2D eigenvalue weighted by molar-refractivity contribution is 5.97. The number of benzene rings is 1. The molecule has 1 aromatic heterocycles. The minimum Gasteiger partial charge on any atom is -0.348 e. The van der Waals surface area contributed by atoms with E-state index in [0.717, 1.165) is 25.9 Å². The molecule has 150 valence electrons. The summed E-state index contributed by atoms with van der Waals surface area (Å²) in [6.45, 7) is 5.72. The summed E-state index contributed by atoms with van der Waals surface area (Å²) in [5.41, 5.74) is 1.78. The Morgan fingerprint density at radius 2 is 2.14 bits per heavy atom. The van der Waals surface area contributed by atoms with Gasteiger partial charge in [0.05, 0.1) is 5.56 Å². The van der Waals surface area contributed by atoms with E-state index in [9.17, 15) is 14.0 Å². The van der Waals surface area contributed by atoms with Gasteiger partial charge in [-0.3, -0.25) is 9.59 Å². The molecule has 2 heterocycles. The van der Waals surface area contributed by atoms with Gasteiger partial charge in [0.2, 0.25) is 0 Å². The number of hydrogen-bond donors (Lipinski definition) is 2. The van der Waals surface area contributed by atoms with Crippen molar-refractivity contribution in [1.29, 1.82) is 0 Å². The Bertz CT molecular complexity index is 838. The Morgan fingerprint density at radius 3 is 2.82 bits per heavy atom. The van der Waals surface area contributed by atoms with E-state index >= 15 is 0 Å². The second-order valence-electron chi connectivity index (χ2n) is 7.91. The van der Waals surface area contributed by atoms with Gasteiger partial charge in [0.25, 0.3) is 5.91 Å². The van der Waals surface area contributed by atoms with Crippen molar-refractivity contribution in [2.24, 2.45) is 5.92 Å². The molecular weight excluding hydrogens is 357 g/mol. The number of rotatable bonds is 7. The van der Waals surface area contributed by atoms with Crippen molar-refractivity contribution in [3.8, 4) is 5.69 Å². The van der Waals surface area contributed by atoms with E-state index in [1.54, 1.807) is 29.1 Å². The fourth-order valence-corrected chi connectivity index (χ4v) is 3.61. The van der Waals surface area contributed by atoms with E-state index < -0.39 is 0 Å². The van der Waals surface area contributed by atoms with E-state index in [2.05, 4.69) is 10.6 Å². The highest BCUT2D eigenvalue weighted by Crippen LogP contribution is 2.19. The van der Waals surface area contributed by atoms with Crippen LogP contribution in [-0.2, 0) is 11.2 Å². The number of hydrogen-bond acceptors (Lipinski definition) is 3. The van der Waals surface area contributed by atoms with Crippen molar-refractivity contribution in [3.63, 3.8) is 0 Å². The fraction of sp³-hybridized carbons (Fsp3) is 0.455. The zero-order valence-corrected chi connectivity index (χ0v) is 16.5. The van der Waals surface area contributed by atoms with Crippen molar-refractivity contribution >= 4 is 11.7 Å². The van der Waals surface area contributed by atoms with E-state index in [1.807, 2.05) is 13.8 Å². The van der Waals surface area contributed by atoms with Crippen LogP contribution in [0.3, 0.4) is 0 Å². The summed E-state index contributed by atoms with van der Waals surface area (Å²) >= 11 is 0. The number of carbonyl (C=O) groups is 2. The second kappa shape index (κ2) is 9.15. The molecule has 2 aromatic rings. The summed E-state index contributed by atoms with van der Waals surface area (Å²) in [6, 6.07) is 6.27. The predicted octanol–water partition coefficient (Wildman–Crippen LogP) is 3.26. The predicted molar refractivity (Wildman–Crippen MR) is 107 cm³/mol. The average Bonchev–Trinajstić information content (AvgIpc) is 3.05. The van der Waals surface area contributed by atoms with Crippen LogP contribution in [0.1, 0.15) is 49.0 Å². The van der Waals surface area contributed by atoms with Crippen LogP contribution < -0.4 is 10.6 Å². The lowest BCUT2D eigenvalue weighted by Crippen LogP contribution is -2.45. The maximum atomic E-state index is 13.6. The van der Waals surface area contributed by atoms with Gasteiger partial charge >= 0.3 is 0 Å². The first-order valence-corrected chi connectivity index (χ1v) is 9.92. The Kier molecular flexibility index (Phi) is 6.62. The molecule has 1 atom stereocenters. The Balaban J connectivity index is 1.86. The highest BCUT2D eigenvalue weighted by Gasteiger charge is 2.21. The van der Waals surface area contributed by atoms with Gasteiger partial charge in [-0.05, 0) is 49.1 Å². The van der Waals surface area contributed by atoms with E-state index in [0.29, 0.717) is 23.2 Å². The van der Waals surface area contributed by atoms with Crippen LogP contribution in [0.5, 0.6) is 0 Å². The van der Waals surface area contributed by atoms with Gasteiger partial charge in [-0.25, -0.2) is 4.39 Å². The topological polar surface area (TPSA) is 63.1 Å². The molecule has 1 aliphatic rings. The van der Waals surface area contributed by atoms with Crippen molar-refractivity contribution in [2.45, 2.75) is 45.6 Å². The van der Waals surface area contributed by atoms with E-state index in [4.69, 9.17) is 0 Å². The summed E-state index contributed by atoms with van der Waals surface area (Å²) in [5.74, 6) is -0.164. The van der Waals surface area contributed by atoms with Crippen LogP contribution in [0.2, 0.25) is 0 Å². The summed E-state index contributed by atoms with van der Waals surface area (Å²) in [4.78, 5) is 25.3. The van der Waals surface area contributed by atoms with Crippen LogP contribution in [0, 0.1) is 11.7 Å². The van der Waals surface area contributed by atoms with Gasteiger partial charge in [-0.2, -0.15) is 0 Å². The second-order valence-corrected chi connectivity index (χ2v) is 7.91. The molecule has 2 N–H and O–H groups in total. The quantitative estimate of drug-likeness (QED) is 0.769. The maximum absolute atomic E-state index is 13.6. The third-order valence-corrected chi connectivity index (χ3v) is 4.92. The molecule has 1 amide bonds. The minimum atomic E-state index is -0.345. The summed E-state index contributed by atoms with van der Waals surface area (Å²) in [7, 11) is 0. The molecule has 0 aliphatic carbocycles. The van der Waals surface area contributed by atoms with Gasteiger partial charge < -0.3 is 15.2 Å². The molecule has 1 saturated heterocycles. The van der Waals surface area contributed by atoms with Crippen LogP contribution in [0.15, 0.2) is 36.7 Å². The summed E-state index contributed by atoms with van der Waals surface area (Å²) in [6.07, 6.45) is 6.09. The van der Waals surface area contributed by atoms with Crippen molar-refractivity contribution in [2.75, 3.05) is 13.1 Å². The van der Waals surface area contributed by atoms with Gasteiger partial charge in [-0.1, -0.05) is 19.9 Å². The van der Waals surface area contributed by atoms with Crippen LogP contribution >= 0.6 is 0 Å². The van der Waals surface area contributed by atoms with Crippen LogP contribution in [0.4, 0.5) is 4.39 Å². The van der Waals surface area contributed by atoms with E-state index in [-0.39, 0.29) is 35.9 Å². The largest absolute Gasteiger partial charge is 0.348 e. The molecule has 0 unspecified atom stereocenters. The van der Waals surface area contributed by atoms with E-state index in [1.165, 1.54) is 12.1 Å². The Hall–Kier alpha value is -2.47. The van der Waals surface area contributed by atoms with Gasteiger partial charge in [-0.15, -0.1) is 0 Å². The first-order valence-electron chi connectivity index (χ1n) is 9.92. The zero-order valence-electron chi connectivity index (χ0n) is 16.5. The van der Waals surface area contributed by atoms with Gasteiger partial charge in [0.15, 0.2) is 0 Å². The number of nitrogens with one attached hydrogen (secondary N) is 2. The molecular formula is C22H28FN3O2. The molecule has 0 bridgehead atoms. The Morgan fingerprint density at radius 1 is 1.32 bits per heavy atom. The summed E-state index contributed by atoms with van der Waals surface area (Å²) in [5, 5.41) is 6.35. The molecule has 0 saturated carbocycles.